The number of rotatable bonds is 2. The Kier molecular flexibility index (Phi) is 2.67. The summed E-state index contributed by atoms with van der Waals surface area (Å²) in [6.07, 6.45) is -0.0683. The van der Waals surface area contributed by atoms with Crippen LogP contribution in [0.4, 0.5) is 5.82 Å². The summed E-state index contributed by atoms with van der Waals surface area (Å²) in [7, 11) is 0. The molecule has 1 atom stereocenters. The first-order chi connectivity index (χ1) is 9.11. The molecular formula is C13H15N3O3. The zero-order valence-corrected chi connectivity index (χ0v) is 10.8. The van der Waals surface area contributed by atoms with Gasteiger partial charge in [0.25, 0.3) is 0 Å². The van der Waals surface area contributed by atoms with Crippen molar-refractivity contribution in [1.82, 2.24) is 9.97 Å². The van der Waals surface area contributed by atoms with Gasteiger partial charge in [0, 0.05) is 11.1 Å². The summed E-state index contributed by atoms with van der Waals surface area (Å²) in [4.78, 5) is 19.1. The molecule has 0 radical (unpaired) electrons. The molecule has 0 bridgehead atoms. The number of nitrogens with two attached hydrogens (primary N) is 1. The van der Waals surface area contributed by atoms with E-state index in [1.54, 1.807) is 13.0 Å². The molecule has 1 aliphatic heterocycles. The summed E-state index contributed by atoms with van der Waals surface area (Å²) in [5.41, 5.74) is 9.69. The van der Waals surface area contributed by atoms with Crippen LogP contribution in [0.1, 0.15) is 41.6 Å². The smallest absolute Gasteiger partial charge is 0.354 e. The molecule has 2 aromatic heterocycles. The topological polar surface area (TPSA) is 90.2 Å². The molecular weight excluding hydrogens is 246 g/mol. The lowest BCUT2D eigenvalue weighted by Crippen LogP contribution is -2.04. The van der Waals surface area contributed by atoms with Crippen LogP contribution in [0.25, 0.3) is 11.0 Å². The van der Waals surface area contributed by atoms with Gasteiger partial charge >= 0.3 is 5.97 Å². The van der Waals surface area contributed by atoms with E-state index in [2.05, 4.69) is 9.97 Å². The van der Waals surface area contributed by atoms with Gasteiger partial charge in [-0.2, -0.15) is 0 Å². The molecule has 100 valence electrons. The number of fused-ring (bicyclic) bond motifs is 3. The van der Waals surface area contributed by atoms with Crippen molar-refractivity contribution in [3.63, 3.8) is 0 Å². The second-order valence-corrected chi connectivity index (χ2v) is 4.51. The molecule has 0 saturated heterocycles. The highest BCUT2D eigenvalue weighted by Gasteiger charge is 2.27. The van der Waals surface area contributed by atoms with Crippen LogP contribution in [-0.4, -0.2) is 22.5 Å². The molecule has 6 heteroatoms. The number of ether oxygens (including phenoxy) is 2. The van der Waals surface area contributed by atoms with Crippen molar-refractivity contribution in [3.05, 3.63) is 22.9 Å². The Morgan fingerprint density at radius 2 is 2.47 bits per heavy atom. The Balaban J connectivity index is 2.17. The number of nitrogens with one attached hydrogen (secondary N) is 1. The summed E-state index contributed by atoms with van der Waals surface area (Å²) < 4.78 is 10.5. The summed E-state index contributed by atoms with van der Waals surface area (Å²) in [6.45, 7) is 4.51. The van der Waals surface area contributed by atoms with Gasteiger partial charge in [-0.05, 0) is 19.9 Å². The number of esters is 1. The number of H-pyrrole nitrogens is 1. The average Bonchev–Trinajstić information content (AvgIpc) is 2.93. The van der Waals surface area contributed by atoms with Gasteiger partial charge in [0.2, 0.25) is 0 Å². The van der Waals surface area contributed by atoms with Gasteiger partial charge in [0.1, 0.15) is 11.5 Å². The third kappa shape index (κ3) is 1.76. The quantitative estimate of drug-likeness (QED) is 0.806. The highest BCUT2D eigenvalue weighted by molar-refractivity contribution is 5.95. The number of hydrogen-bond donors (Lipinski definition) is 2. The highest BCUT2D eigenvalue weighted by atomic mass is 16.5. The molecule has 3 heterocycles. The Bertz CT molecular complexity index is 663. The van der Waals surface area contributed by atoms with E-state index in [4.69, 9.17) is 15.2 Å². The number of carbonyl (C=O) groups is 1. The predicted octanol–water partition coefficient (Wildman–Crippen LogP) is 1.91. The zero-order chi connectivity index (χ0) is 13.6. The standard InChI is InChI=1S/C13H15N3O3/c1-3-18-13(17)9-4-8-11(15-9)7-5-19-6(2)10(7)12(14)16-8/h4,6,15H,3,5H2,1-2H3,(H2,14,16)/t6-/m1/s1. The Labute approximate surface area is 109 Å². The molecule has 0 amide bonds. The van der Waals surface area contributed by atoms with E-state index in [1.807, 2.05) is 6.92 Å². The van der Waals surface area contributed by atoms with Crippen LogP contribution in [0.3, 0.4) is 0 Å². The number of aromatic nitrogens is 2. The Morgan fingerprint density at radius 1 is 1.68 bits per heavy atom. The molecule has 0 saturated carbocycles. The lowest BCUT2D eigenvalue weighted by molar-refractivity contribution is 0.0520. The van der Waals surface area contributed by atoms with Crippen LogP contribution < -0.4 is 5.73 Å². The average molecular weight is 261 g/mol. The largest absolute Gasteiger partial charge is 0.461 e. The molecule has 0 aliphatic carbocycles. The normalized spacial score (nSPS) is 17.7. The summed E-state index contributed by atoms with van der Waals surface area (Å²) in [5.74, 6) is 0.0710. The van der Waals surface area contributed by atoms with Crippen molar-refractivity contribution in [2.75, 3.05) is 12.3 Å². The fourth-order valence-electron chi connectivity index (χ4n) is 2.46. The minimum absolute atomic E-state index is 0.0683. The van der Waals surface area contributed by atoms with Crippen molar-refractivity contribution < 1.29 is 14.3 Å². The highest BCUT2D eigenvalue weighted by Crippen LogP contribution is 2.37. The first-order valence-electron chi connectivity index (χ1n) is 6.21. The van der Waals surface area contributed by atoms with Crippen molar-refractivity contribution in [1.29, 1.82) is 0 Å². The minimum atomic E-state index is -0.389. The van der Waals surface area contributed by atoms with E-state index < -0.39 is 0 Å². The van der Waals surface area contributed by atoms with E-state index in [0.29, 0.717) is 30.2 Å². The molecule has 6 nitrogen and oxygen atoms in total. The van der Waals surface area contributed by atoms with E-state index >= 15 is 0 Å². The third-order valence-electron chi connectivity index (χ3n) is 3.32. The van der Waals surface area contributed by atoms with Crippen molar-refractivity contribution >= 4 is 22.8 Å². The second-order valence-electron chi connectivity index (χ2n) is 4.51. The van der Waals surface area contributed by atoms with Gasteiger partial charge in [-0.3, -0.25) is 0 Å². The number of anilines is 1. The number of pyridine rings is 1. The molecule has 3 N–H and O–H groups in total. The molecule has 19 heavy (non-hydrogen) atoms. The summed E-state index contributed by atoms with van der Waals surface area (Å²) in [5, 5.41) is 0. The molecule has 0 spiro atoms. The van der Waals surface area contributed by atoms with Gasteiger partial charge in [-0.1, -0.05) is 0 Å². The lowest BCUT2D eigenvalue weighted by Gasteiger charge is -2.06. The van der Waals surface area contributed by atoms with Crippen molar-refractivity contribution in [2.24, 2.45) is 0 Å². The maximum Gasteiger partial charge on any atom is 0.354 e. The third-order valence-corrected chi connectivity index (χ3v) is 3.32. The maximum atomic E-state index is 11.7. The molecule has 3 rings (SSSR count). The summed E-state index contributed by atoms with van der Waals surface area (Å²) >= 11 is 0. The number of aromatic amines is 1. The predicted molar refractivity (Wildman–Crippen MR) is 69.7 cm³/mol. The van der Waals surface area contributed by atoms with E-state index in [9.17, 15) is 4.79 Å². The monoisotopic (exact) mass is 261 g/mol. The number of nitrogens with zero attached hydrogens (tertiary/aromatic N) is 1. The van der Waals surface area contributed by atoms with Crippen molar-refractivity contribution in [3.8, 4) is 0 Å². The SMILES string of the molecule is CCOC(=O)c1cc2nc(N)c3c(c2[nH]1)CO[C@@H]3C. The van der Waals surface area contributed by atoms with Gasteiger partial charge in [-0.25, -0.2) is 9.78 Å². The van der Waals surface area contributed by atoms with Gasteiger partial charge in [0.05, 0.1) is 30.4 Å². The van der Waals surface area contributed by atoms with E-state index in [1.165, 1.54) is 0 Å². The van der Waals surface area contributed by atoms with Crippen LogP contribution in [0, 0.1) is 0 Å². The molecule has 1 aliphatic rings. The molecule has 0 fully saturated rings. The van der Waals surface area contributed by atoms with Crippen LogP contribution >= 0.6 is 0 Å². The van der Waals surface area contributed by atoms with Crippen LogP contribution in [0.15, 0.2) is 6.07 Å². The summed E-state index contributed by atoms with van der Waals surface area (Å²) in [6, 6.07) is 1.66. The minimum Gasteiger partial charge on any atom is -0.461 e. The molecule has 0 unspecified atom stereocenters. The van der Waals surface area contributed by atoms with Crippen LogP contribution in [0.2, 0.25) is 0 Å². The molecule has 0 aromatic carbocycles. The Hall–Kier alpha value is -2.08. The van der Waals surface area contributed by atoms with Gasteiger partial charge in [-0.15, -0.1) is 0 Å². The number of nitrogen functional groups attached to an aromatic ring is 1. The van der Waals surface area contributed by atoms with Gasteiger partial charge < -0.3 is 20.2 Å². The first kappa shape index (κ1) is 12.0. The fourth-order valence-corrected chi connectivity index (χ4v) is 2.46. The van der Waals surface area contributed by atoms with E-state index in [-0.39, 0.29) is 12.1 Å². The van der Waals surface area contributed by atoms with E-state index in [0.717, 1.165) is 16.6 Å². The maximum absolute atomic E-state index is 11.7. The van der Waals surface area contributed by atoms with Crippen LogP contribution in [0.5, 0.6) is 0 Å². The van der Waals surface area contributed by atoms with Crippen molar-refractivity contribution in [2.45, 2.75) is 26.6 Å². The lowest BCUT2D eigenvalue weighted by atomic mass is 10.1. The number of carbonyl (C=O) groups excluding carboxylic acids is 1. The zero-order valence-electron chi connectivity index (χ0n) is 10.8. The molecule has 2 aromatic rings. The fraction of sp³-hybridized carbons (Fsp3) is 0.385. The second kappa shape index (κ2) is 4.24. The first-order valence-corrected chi connectivity index (χ1v) is 6.21. The Morgan fingerprint density at radius 3 is 3.21 bits per heavy atom. The number of hydrogen-bond acceptors (Lipinski definition) is 5. The van der Waals surface area contributed by atoms with Gasteiger partial charge in [0.15, 0.2) is 0 Å². The van der Waals surface area contributed by atoms with Crippen LogP contribution in [-0.2, 0) is 16.1 Å².